The van der Waals surface area contributed by atoms with Crippen molar-refractivity contribution < 1.29 is 14.3 Å². The molecule has 3 rings (SSSR count). The van der Waals surface area contributed by atoms with Gasteiger partial charge in [-0.15, -0.1) is 0 Å². The van der Waals surface area contributed by atoms with Crippen LogP contribution in [0.3, 0.4) is 0 Å². The molecule has 22 heavy (non-hydrogen) atoms. The molecule has 0 aromatic heterocycles. The number of para-hydroxylation sites is 1. The van der Waals surface area contributed by atoms with E-state index in [1.165, 1.54) is 0 Å². The fourth-order valence-electron chi connectivity index (χ4n) is 2.23. The van der Waals surface area contributed by atoms with E-state index in [1.807, 2.05) is 19.1 Å². The van der Waals surface area contributed by atoms with Gasteiger partial charge < -0.3 is 15.4 Å². The molecule has 1 aliphatic heterocycles. The molecule has 1 atom stereocenters. The quantitative estimate of drug-likeness (QED) is 0.895. The fourth-order valence-corrected chi connectivity index (χ4v) is 2.23. The summed E-state index contributed by atoms with van der Waals surface area (Å²) in [6, 6.07) is 12.5. The molecule has 0 radical (unpaired) electrons. The van der Waals surface area contributed by atoms with Crippen LogP contribution in [0.2, 0.25) is 0 Å². The molecule has 2 aromatic rings. The van der Waals surface area contributed by atoms with Gasteiger partial charge in [0.05, 0.1) is 5.69 Å². The van der Waals surface area contributed by atoms with Gasteiger partial charge in [0.1, 0.15) is 11.4 Å². The van der Waals surface area contributed by atoms with Crippen LogP contribution in [0.5, 0.6) is 5.75 Å². The second-order valence-corrected chi connectivity index (χ2v) is 5.25. The lowest BCUT2D eigenvalue weighted by molar-refractivity contribution is -0.122. The molecule has 0 fully saturated rings. The van der Waals surface area contributed by atoms with Gasteiger partial charge in [-0.05, 0) is 38.1 Å². The van der Waals surface area contributed by atoms with Crippen molar-refractivity contribution in [2.45, 2.75) is 20.0 Å². The predicted molar refractivity (Wildman–Crippen MR) is 84.3 cm³/mol. The summed E-state index contributed by atoms with van der Waals surface area (Å²) < 4.78 is 5.52. The zero-order valence-corrected chi connectivity index (χ0v) is 12.3. The van der Waals surface area contributed by atoms with Gasteiger partial charge in [0.15, 0.2) is 6.10 Å². The van der Waals surface area contributed by atoms with Gasteiger partial charge in [0.25, 0.3) is 11.8 Å². The van der Waals surface area contributed by atoms with Crippen LogP contribution in [0, 0.1) is 6.92 Å². The fraction of sp³-hybridized carbons (Fsp3) is 0.176. The highest BCUT2D eigenvalue weighted by molar-refractivity contribution is 6.09. The SMILES string of the molecule is Cc1ccc(C(=O)Nc2cccc3c2NC(=O)C(C)O3)cc1. The summed E-state index contributed by atoms with van der Waals surface area (Å²) in [6.45, 7) is 3.64. The van der Waals surface area contributed by atoms with Crippen LogP contribution in [-0.4, -0.2) is 17.9 Å². The molecule has 5 heteroatoms. The number of ether oxygens (including phenoxy) is 1. The number of aryl methyl sites for hydroxylation is 1. The Kier molecular flexibility index (Phi) is 3.55. The largest absolute Gasteiger partial charge is 0.479 e. The highest BCUT2D eigenvalue weighted by atomic mass is 16.5. The summed E-state index contributed by atoms with van der Waals surface area (Å²) >= 11 is 0. The number of anilines is 2. The standard InChI is InChI=1S/C17H16N2O3/c1-10-6-8-12(9-7-10)17(21)18-13-4-3-5-14-15(13)19-16(20)11(2)22-14/h3-9,11H,1-2H3,(H,18,21)(H,19,20). The zero-order chi connectivity index (χ0) is 15.7. The first kappa shape index (κ1) is 14.1. The normalized spacial score (nSPS) is 16.3. The third kappa shape index (κ3) is 2.65. The first-order chi connectivity index (χ1) is 10.5. The maximum absolute atomic E-state index is 12.3. The number of nitrogens with one attached hydrogen (secondary N) is 2. The number of benzene rings is 2. The van der Waals surface area contributed by atoms with Gasteiger partial charge >= 0.3 is 0 Å². The third-order valence-corrected chi connectivity index (χ3v) is 3.51. The van der Waals surface area contributed by atoms with Gasteiger partial charge in [0.2, 0.25) is 0 Å². The smallest absolute Gasteiger partial charge is 0.265 e. The predicted octanol–water partition coefficient (Wildman–Crippen LogP) is 2.97. The molecule has 1 unspecified atom stereocenters. The summed E-state index contributed by atoms with van der Waals surface area (Å²) in [4.78, 5) is 24.0. The van der Waals surface area contributed by atoms with E-state index < -0.39 is 6.10 Å². The highest BCUT2D eigenvalue weighted by Gasteiger charge is 2.25. The molecule has 1 aliphatic rings. The number of rotatable bonds is 2. The van der Waals surface area contributed by atoms with E-state index in [1.54, 1.807) is 37.3 Å². The van der Waals surface area contributed by atoms with Crippen molar-refractivity contribution in [3.8, 4) is 5.75 Å². The minimum atomic E-state index is -0.546. The van der Waals surface area contributed by atoms with Crippen molar-refractivity contribution in [1.82, 2.24) is 0 Å². The molecular weight excluding hydrogens is 280 g/mol. The van der Waals surface area contributed by atoms with E-state index in [-0.39, 0.29) is 11.8 Å². The molecule has 0 saturated carbocycles. The Hall–Kier alpha value is -2.82. The van der Waals surface area contributed by atoms with Crippen LogP contribution in [0.25, 0.3) is 0 Å². The van der Waals surface area contributed by atoms with Gasteiger partial charge in [-0.2, -0.15) is 0 Å². The number of hydrogen-bond acceptors (Lipinski definition) is 3. The average Bonchev–Trinajstić information content (AvgIpc) is 2.50. The number of amides is 2. The summed E-state index contributed by atoms with van der Waals surface area (Å²) in [5.74, 6) is 0.0830. The van der Waals surface area contributed by atoms with Crippen LogP contribution in [0.1, 0.15) is 22.8 Å². The lowest BCUT2D eigenvalue weighted by Gasteiger charge is -2.25. The molecule has 5 nitrogen and oxygen atoms in total. The Morgan fingerprint density at radius 3 is 2.64 bits per heavy atom. The molecule has 2 aromatic carbocycles. The first-order valence-electron chi connectivity index (χ1n) is 7.03. The average molecular weight is 296 g/mol. The number of carbonyl (C=O) groups excluding carboxylic acids is 2. The molecule has 2 amide bonds. The van der Waals surface area contributed by atoms with Gasteiger partial charge in [-0.3, -0.25) is 9.59 Å². The van der Waals surface area contributed by atoms with Crippen LogP contribution < -0.4 is 15.4 Å². The monoisotopic (exact) mass is 296 g/mol. The molecule has 0 aliphatic carbocycles. The molecule has 1 heterocycles. The molecule has 0 spiro atoms. The highest BCUT2D eigenvalue weighted by Crippen LogP contribution is 2.36. The van der Waals surface area contributed by atoms with Crippen LogP contribution in [0.4, 0.5) is 11.4 Å². The summed E-state index contributed by atoms with van der Waals surface area (Å²) in [5.41, 5.74) is 2.65. The van der Waals surface area contributed by atoms with Crippen LogP contribution in [-0.2, 0) is 4.79 Å². The minimum absolute atomic E-state index is 0.232. The third-order valence-electron chi connectivity index (χ3n) is 3.51. The van der Waals surface area contributed by atoms with E-state index in [4.69, 9.17) is 4.74 Å². The lowest BCUT2D eigenvalue weighted by atomic mass is 10.1. The van der Waals surface area contributed by atoms with Crippen molar-refractivity contribution in [3.05, 3.63) is 53.6 Å². The van der Waals surface area contributed by atoms with Crippen LogP contribution >= 0.6 is 0 Å². The maximum Gasteiger partial charge on any atom is 0.265 e. The molecule has 112 valence electrons. The second-order valence-electron chi connectivity index (χ2n) is 5.25. The molecule has 0 saturated heterocycles. The molecular formula is C17H16N2O3. The van der Waals surface area contributed by atoms with Crippen molar-refractivity contribution >= 4 is 23.2 Å². The lowest BCUT2D eigenvalue weighted by Crippen LogP contribution is -2.34. The Balaban J connectivity index is 1.87. The second kappa shape index (κ2) is 5.52. The van der Waals surface area contributed by atoms with E-state index >= 15 is 0 Å². The van der Waals surface area contributed by atoms with Crippen molar-refractivity contribution in [3.63, 3.8) is 0 Å². The van der Waals surface area contributed by atoms with Gasteiger partial charge in [-0.25, -0.2) is 0 Å². The molecule has 2 N–H and O–H groups in total. The first-order valence-corrected chi connectivity index (χ1v) is 7.03. The Morgan fingerprint density at radius 2 is 1.91 bits per heavy atom. The van der Waals surface area contributed by atoms with Crippen molar-refractivity contribution in [2.75, 3.05) is 10.6 Å². The summed E-state index contributed by atoms with van der Waals surface area (Å²) in [6.07, 6.45) is -0.546. The Bertz CT molecular complexity index is 738. The Labute approximate surface area is 128 Å². The number of hydrogen-bond donors (Lipinski definition) is 2. The number of fused-ring (bicyclic) bond motifs is 1. The topological polar surface area (TPSA) is 67.4 Å². The Morgan fingerprint density at radius 1 is 1.18 bits per heavy atom. The van der Waals surface area contributed by atoms with Crippen molar-refractivity contribution in [2.24, 2.45) is 0 Å². The van der Waals surface area contributed by atoms with Crippen LogP contribution in [0.15, 0.2) is 42.5 Å². The van der Waals surface area contributed by atoms with E-state index in [0.717, 1.165) is 5.56 Å². The number of carbonyl (C=O) groups is 2. The molecule has 0 bridgehead atoms. The van der Waals surface area contributed by atoms with Gasteiger partial charge in [-0.1, -0.05) is 23.8 Å². The maximum atomic E-state index is 12.3. The van der Waals surface area contributed by atoms with E-state index in [0.29, 0.717) is 22.7 Å². The zero-order valence-electron chi connectivity index (χ0n) is 12.3. The summed E-state index contributed by atoms with van der Waals surface area (Å²) in [7, 11) is 0. The van der Waals surface area contributed by atoms with Crippen molar-refractivity contribution in [1.29, 1.82) is 0 Å². The van der Waals surface area contributed by atoms with E-state index in [2.05, 4.69) is 10.6 Å². The van der Waals surface area contributed by atoms with E-state index in [9.17, 15) is 9.59 Å². The minimum Gasteiger partial charge on any atom is -0.479 e. The van der Waals surface area contributed by atoms with Gasteiger partial charge in [0, 0.05) is 5.56 Å². The summed E-state index contributed by atoms with van der Waals surface area (Å²) in [5, 5.41) is 5.57.